The van der Waals surface area contributed by atoms with Crippen molar-refractivity contribution in [3.63, 3.8) is 0 Å². The van der Waals surface area contributed by atoms with Gasteiger partial charge in [0.2, 0.25) is 0 Å². The second-order valence-electron chi connectivity index (χ2n) is 3.00. The van der Waals surface area contributed by atoms with E-state index in [1.54, 1.807) is 6.08 Å². The van der Waals surface area contributed by atoms with Crippen molar-refractivity contribution in [2.75, 3.05) is 6.61 Å². The van der Waals surface area contributed by atoms with Gasteiger partial charge >= 0.3 is 5.69 Å². The minimum Gasteiger partial charge on any atom is -0.354 e. The summed E-state index contributed by atoms with van der Waals surface area (Å²) >= 11 is 0. The van der Waals surface area contributed by atoms with Crippen molar-refractivity contribution in [3.05, 3.63) is 45.8 Å². The van der Waals surface area contributed by atoms with Crippen molar-refractivity contribution < 1.29 is 4.74 Å². The van der Waals surface area contributed by atoms with E-state index in [2.05, 4.69) is 11.6 Å². The zero-order chi connectivity index (χ0) is 11.3. The molecule has 82 valence electrons. The number of hydrogen-bond acceptors (Lipinski definition) is 3. The topological polar surface area (TPSA) is 64.1 Å². The maximum Gasteiger partial charge on any atom is 0.330 e. The molecular weight excluding hydrogens is 196 g/mol. The predicted octanol–water partition coefficient (Wildman–Crippen LogP) is 0.648. The molecule has 1 N–H and O–H groups in total. The fourth-order valence-electron chi connectivity index (χ4n) is 1.23. The Hall–Kier alpha value is -1.62. The van der Waals surface area contributed by atoms with Crippen molar-refractivity contribution in [2.45, 2.75) is 19.6 Å². The third-order valence-corrected chi connectivity index (χ3v) is 1.92. The molecule has 1 heterocycles. The second kappa shape index (κ2) is 5.31. The van der Waals surface area contributed by atoms with Crippen molar-refractivity contribution in [3.8, 4) is 0 Å². The molecule has 1 aromatic rings. The van der Waals surface area contributed by atoms with Gasteiger partial charge in [0, 0.05) is 12.3 Å². The Bertz CT molecular complexity index is 433. The largest absolute Gasteiger partial charge is 0.354 e. The van der Waals surface area contributed by atoms with Crippen LogP contribution < -0.4 is 11.2 Å². The van der Waals surface area contributed by atoms with Gasteiger partial charge in [-0.15, -0.1) is 6.58 Å². The minimum absolute atomic E-state index is 0.365. The van der Waals surface area contributed by atoms with Gasteiger partial charge in [-0.25, -0.2) is 4.79 Å². The van der Waals surface area contributed by atoms with Gasteiger partial charge in [0.25, 0.3) is 5.56 Å². The molecular formula is C10H14N2O3. The fourth-order valence-corrected chi connectivity index (χ4v) is 1.23. The predicted molar refractivity (Wildman–Crippen MR) is 56.8 cm³/mol. The van der Waals surface area contributed by atoms with E-state index in [1.165, 1.54) is 16.8 Å². The van der Waals surface area contributed by atoms with Crippen LogP contribution in [-0.2, 0) is 4.74 Å². The highest BCUT2D eigenvalue weighted by atomic mass is 16.5. The lowest BCUT2D eigenvalue weighted by molar-refractivity contribution is 0.0135. The van der Waals surface area contributed by atoms with E-state index < -0.39 is 11.2 Å². The van der Waals surface area contributed by atoms with E-state index in [-0.39, 0.29) is 6.23 Å². The Morgan fingerprint density at radius 1 is 1.67 bits per heavy atom. The monoisotopic (exact) mass is 210 g/mol. The highest BCUT2D eigenvalue weighted by Crippen LogP contribution is 2.08. The van der Waals surface area contributed by atoms with Crippen LogP contribution in [0.25, 0.3) is 0 Å². The molecule has 0 spiro atoms. The number of nitrogens with one attached hydrogen (secondary N) is 1. The highest BCUT2D eigenvalue weighted by Gasteiger charge is 2.09. The SMILES string of the molecule is C=CCOC(CC)n1ccc(=O)[nH]c1=O. The average Bonchev–Trinajstić information content (AvgIpc) is 2.21. The van der Waals surface area contributed by atoms with E-state index in [9.17, 15) is 9.59 Å². The molecule has 5 heteroatoms. The Kier molecular flexibility index (Phi) is 4.05. The van der Waals surface area contributed by atoms with Gasteiger partial charge in [-0.2, -0.15) is 0 Å². The smallest absolute Gasteiger partial charge is 0.330 e. The number of H-pyrrole nitrogens is 1. The van der Waals surface area contributed by atoms with Crippen LogP contribution in [0.3, 0.4) is 0 Å². The van der Waals surface area contributed by atoms with Gasteiger partial charge < -0.3 is 4.74 Å². The molecule has 0 saturated heterocycles. The molecule has 1 atom stereocenters. The molecule has 0 radical (unpaired) electrons. The highest BCUT2D eigenvalue weighted by molar-refractivity contribution is 4.84. The summed E-state index contributed by atoms with van der Waals surface area (Å²) in [6.45, 7) is 5.79. The molecule has 15 heavy (non-hydrogen) atoms. The lowest BCUT2D eigenvalue weighted by Gasteiger charge is -2.16. The lowest BCUT2D eigenvalue weighted by atomic mass is 10.4. The van der Waals surface area contributed by atoms with Gasteiger partial charge in [-0.05, 0) is 6.42 Å². The van der Waals surface area contributed by atoms with Gasteiger partial charge in [0.05, 0.1) is 6.61 Å². The summed E-state index contributed by atoms with van der Waals surface area (Å²) in [4.78, 5) is 24.4. The van der Waals surface area contributed by atoms with E-state index in [0.29, 0.717) is 13.0 Å². The second-order valence-corrected chi connectivity index (χ2v) is 3.00. The molecule has 1 aromatic heterocycles. The number of rotatable bonds is 5. The Morgan fingerprint density at radius 3 is 2.93 bits per heavy atom. The maximum absolute atomic E-state index is 11.4. The molecule has 1 unspecified atom stereocenters. The van der Waals surface area contributed by atoms with Crippen LogP contribution in [0.4, 0.5) is 0 Å². The van der Waals surface area contributed by atoms with Gasteiger partial charge in [-0.1, -0.05) is 13.0 Å². The molecule has 0 fully saturated rings. The first-order chi connectivity index (χ1) is 7.19. The van der Waals surface area contributed by atoms with Crippen LogP contribution in [0.15, 0.2) is 34.5 Å². The molecule has 0 aromatic carbocycles. The summed E-state index contributed by atoms with van der Waals surface area (Å²) in [5.41, 5.74) is -0.867. The number of nitrogens with zero attached hydrogens (tertiary/aromatic N) is 1. The van der Waals surface area contributed by atoms with Crippen LogP contribution in [0.5, 0.6) is 0 Å². The number of aromatic amines is 1. The normalized spacial score (nSPS) is 12.3. The molecule has 5 nitrogen and oxygen atoms in total. The van der Waals surface area contributed by atoms with Crippen molar-refractivity contribution >= 4 is 0 Å². The zero-order valence-electron chi connectivity index (χ0n) is 8.60. The molecule has 0 saturated carbocycles. The van der Waals surface area contributed by atoms with Crippen LogP contribution in [0, 0.1) is 0 Å². The first-order valence-electron chi connectivity index (χ1n) is 4.73. The molecule has 0 amide bonds. The van der Waals surface area contributed by atoms with Crippen molar-refractivity contribution in [2.24, 2.45) is 0 Å². The molecule has 0 aliphatic heterocycles. The summed E-state index contributed by atoms with van der Waals surface area (Å²) in [6, 6.07) is 1.29. The molecule has 0 aliphatic carbocycles. The van der Waals surface area contributed by atoms with Gasteiger partial charge in [0.15, 0.2) is 0 Å². The third-order valence-electron chi connectivity index (χ3n) is 1.92. The Balaban J connectivity index is 2.96. The van der Waals surface area contributed by atoms with E-state index in [4.69, 9.17) is 4.74 Å². The standard InChI is InChI=1S/C10H14N2O3/c1-3-7-15-9(4-2)12-6-5-8(13)11-10(12)14/h3,5-6,9H,1,4,7H2,2H3,(H,11,13,14). The Morgan fingerprint density at radius 2 is 2.40 bits per heavy atom. The van der Waals surface area contributed by atoms with E-state index >= 15 is 0 Å². The van der Waals surface area contributed by atoms with Gasteiger partial charge in [0.1, 0.15) is 6.23 Å². The number of ether oxygens (including phenoxy) is 1. The zero-order valence-corrected chi connectivity index (χ0v) is 8.60. The quantitative estimate of drug-likeness (QED) is 0.725. The third kappa shape index (κ3) is 2.92. The summed E-state index contributed by atoms with van der Waals surface area (Å²) in [5, 5.41) is 0. The van der Waals surface area contributed by atoms with E-state index in [1.807, 2.05) is 6.92 Å². The molecule has 0 bridgehead atoms. The minimum atomic E-state index is -0.460. The summed E-state index contributed by atoms with van der Waals surface area (Å²) in [5.74, 6) is 0. The molecule has 1 rings (SSSR count). The van der Waals surface area contributed by atoms with E-state index in [0.717, 1.165) is 0 Å². The number of hydrogen-bond donors (Lipinski definition) is 1. The van der Waals surface area contributed by atoms with Crippen molar-refractivity contribution in [1.29, 1.82) is 0 Å². The first kappa shape index (κ1) is 11.5. The van der Waals surface area contributed by atoms with Gasteiger partial charge in [-0.3, -0.25) is 14.3 Å². The molecule has 0 aliphatic rings. The van der Waals surface area contributed by atoms with Crippen LogP contribution in [-0.4, -0.2) is 16.2 Å². The average molecular weight is 210 g/mol. The summed E-state index contributed by atoms with van der Waals surface area (Å²) in [7, 11) is 0. The lowest BCUT2D eigenvalue weighted by Crippen LogP contribution is -2.32. The van der Waals surface area contributed by atoms with Crippen LogP contribution in [0.2, 0.25) is 0 Å². The maximum atomic E-state index is 11.4. The Labute approximate surface area is 87.0 Å². The fraction of sp³-hybridized carbons (Fsp3) is 0.400. The number of aromatic nitrogens is 2. The van der Waals surface area contributed by atoms with Crippen molar-refractivity contribution in [1.82, 2.24) is 9.55 Å². The van der Waals surface area contributed by atoms with Crippen LogP contribution >= 0.6 is 0 Å². The summed E-state index contributed by atoms with van der Waals surface area (Å²) in [6.07, 6.45) is 3.31. The first-order valence-corrected chi connectivity index (χ1v) is 4.73. The van der Waals surface area contributed by atoms with Crippen LogP contribution in [0.1, 0.15) is 19.6 Å². The summed E-state index contributed by atoms with van der Waals surface area (Å²) < 4.78 is 6.72.